The molecule has 18 heavy (non-hydrogen) atoms. The first-order chi connectivity index (χ1) is 8.74. The Morgan fingerprint density at radius 2 is 2.33 bits per heavy atom. The molecule has 0 bridgehead atoms. The van der Waals surface area contributed by atoms with Crippen LogP contribution in [0.1, 0.15) is 19.8 Å². The summed E-state index contributed by atoms with van der Waals surface area (Å²) in [7, 11) is 1.50. The standard InChI is InChI=1S/C14H21FN2O/c1-3-7-16-11-6-8-17(10-11)12-4-5-13(15)14(9-12)18-2/h4-5,9,11,16H,3,6-8,10H2,1-2H3. The number of rotatable bonds is 5. The Morgan fingerprint density at radius 1 is 1.50 bits per heavy atom. The molecule has 2 rings (SSSR count). The van der Waals surface area contributed by atoms with Gasteiger partial charge in [0.05, 0.1) is 7.11 Å². The van der Waals surface area contributed by atoms with Gasteiger partial charge in [-0.1, -0.05) is 6.92 Å². The van der Waals surface area contributed by atoms with E-state index in [1.165, 1.54) is 13.2 Å². The lowest BCUT2D eigenvalue weighted by atomic mass is 10.2. The van der Waals surface area contributed by atoms with E-state index in [0.717, 1.165) is 38.2 Å². The largest absolute Gasteiger partial charge is 0.494 e. The lowest BCUT2D eigenvalue weighted by molar-refractivity contribution is 0.386. The van der Waals surface area contributed by atoms with Crippen LogP contribution < -0.4 is 15.0 Å². The molecule has 0 aliphatic carbocycles. The van der Waals surface area contributed by atoms with Crippen molar-refractivity contribution in [3.8, 4) is 5.75 Å². The quantitative estimate of drug-likeness (QED) is 0.871. The molecule has 0 saturated carbocycles. The molecule has 100 valence electrons. The fourth-order valence-corrected chi connectivity index (χ4v) is 2.36. The summed E-state index contributed by atoms with van der Waals surface area (Å²) in [5, 5.41) is 3.52. The zero-order valence-corrected chi connectivity index (χ0v) is 11.1. The van der Waals surface area contributed by atoms with Gasteiger partial charge in [-0.25, -0.2) is 4.39 Å². The third-order valence-electron chi connectivity index (χ3n) is 3.37. The molecule has 1 aliphatic heterocycles. The Labute approximate surface area is 108 Å². The molecule has 1 aromatic rings. The molecular weight excluding hydrogens is 231 g/mol. The van der Waals surface area contributed by atoms with Crippen LogP contribution in [0.4, 0.5) is 10.1 Å². The van der Waals surface area contributed by atoms with Crippen molar-refractivity contribution < 1.29 is 9.13 Å². The molecule has 0 radical (unpaired) electrons. The van der Waals surface area contributed by atoms with E-state index in [1.54, 1.807) is 6.07 Å². The Bertz CT molecular complexity index is 397. The number of nitrogens with zero attached hydrogens (tertiary/aromatic N) is 1. The molecule has 1 heterocycles. The molecule has 1 N–H and O–H groups in total. The summed E-state index contributed by atoms with van der Waals surface area (Å²) < 4.78 is 18.4. The number of nitrogens with one attached hydrogen (secondary N) is 1. The van der Waals surface area contributed by atoms with Gasteiger partial charge >= 0.3 is 0 Å². The van der Waals surface area contributed by atoms with Gasteiger partial charge in [-0.05, 0) is 31.5 Å². The zero-order valence-electron chi connectivity index (χ0n) is 11.1. The predicted molar refractivity (Wildman–Crippen MR) is 71.9 cm³/mol. The van der Waals surface area contributed by atoms with Gasteiger partial charge in [0.25, 0.3) is 0 Å². The lowest BCUT2D eigenvalue weighted by Gasteiger charge is -2.19. The van der Waals surface area contributed by atoms with Crippen LogP contribution in [0, 0.1) is 5.82 Å². The summed E-state index contributed by atoms with van der Waals surface area (Å²) in [6, 6.07) is 5.61. The number of hydrogen-bond donors (Lipinski definition) is 1. The highest BCUT2D eigenvalue weighted by molar-refractivity contribution is 5.52. The predicted octanol–water partition coefficient (Wildman–Crippen LogP) is 2.41. The molecule has 1 aromatic carbocycles. The van der Waals surface area contributed by atoms with Gasteiger partial charge in [-0.2, -0.15) is 0 Å². The van der Waals surface area contributed by atoms with Crippen molar-refractivity contribution in [2.45, 2.75) is 25.8 Å². The first-order valence-electron chi connectivity index (χ1n) is 6.56. The number of anilines is 1. The monoisotopic (exact) mass is 252 g/mol. The van der Waals surface area contributed by atoms with E-state index in [1.807, 2.05) is 6.07 Å². The van der Waals surface area contributed by atoms with Crippen molar-refractivity contribution in [2.75, 3.05) is 31.6 Å². The Morgan fingerprint density at radius 3 is 3.06 bits per heavy atom. The maximum Gasteiger partial charge on any atom is 0.165 e. The van der Waals surface area contributed by atoms with Crippen molar-refractivity contribution in [3.05, 3.63) is 24.0 Å². The molecule has 0 amide bonds. The number of methoxy groups -OCH3 is 1. The number of benzene rings is 1. The van der Waals surface area contributed by atoms with Crippen LogP contribution in [-0.4, -0.2) is 32.8 Å². The van der Waals surface area contributed by atoms with Crippen LogP contribution in [0.2, 0.25) is 0 Å². The summed E-state index contributed by atoms with van der Waals surface area (Å²) in [6.45, 7) is 5.22. The second kappa shape index (κ2) is 6.05. The second-order valence-corrected chi connectivity index (χ2v) is 4.70. The molecule has 1 atom stereocenters. The van der Waals surface area contributed by atoms with Crippen LogP contribution in [0.5, 0.6) is 5.75 Å². The molecule has 4 heteroatoms. The van der Waals surface area contributed by atoms with E-state index < -0.39 is 0 Å². The zero-order chi connectivity index (χ0) is 13.0. The first kappa shape index (κ1) is 13.1. The molecule has 1 aliphatic rings. The molecule has 1 unspecified atom stereocenters. The SMILES string of the molecule is CCCNC1CCN(c2ccc(F)c(OC)c2)C1. The smallest absolute Gasteiger partial charge is 0.165 e. The highest BCUT2D eigenvalue weighted by Crippen LogP contribution is 2.26. The van der Waals surface area contributed by atoms with Crippen LogP contribution in [0.25, 0.3) is 0 Å². The first-order valence-corrected chi connectivity index (χ1v) is 6.56. The highest BCUT2D eigenvalue weighted by Gasteiger charge is 2.22. The average molecular weight is 252 g/mol. The number of halogens is 1. The van der Waals surface area contributed by atoms with E-state index in [9.17, 15) is 4.39 Å². The lowest BCUT2D eigenvalue weighted by Crippen LogP contribution is -2.32. The average Bonchev–Trinajstić information content (AvgIpc) is 2.85. The van der Waals surface area contributed by atoms with E-state index in [4.69, 9.17) is 4.74 Å². The number of ether oxygens (including phenoxy) is 1. The van der Waals surface area contributed by atoms with E-state index in [0.29, 0.717) is 11.8 Å². The van der Waals surface area contributed by atoms with Gasteiger partial charge in [0.15, 0.2) is 11.6 Å². The van der Waals surface area contributed by atoms with E-state index in [2.05, 4.69) is 17.1 Å². The van der Waals surface area contributed by atoms with Gasteiger partial charge in [0.1, 0.15) is 0 Å². The maximum atomic E-state index is 13.3. The highest BCUT2D eigenvalue weighted by atomic mass is 19.1. The number of hydrogen-bond acceptors (Lipinski definition) is 3. The molecule has 0 spiro atoms. The maximum absolute atomic E-state index is 13.3. The minimum atomic E-state index is -0.305. The topological polar surface area (TPSA) is 24.5 Å². The summed E-state index contributed by atoms with van der Waals surface area (Å²) in [5.41, 5.74) is 1.04. The van der Waals surface area contributed by atoms with Crippen molar-refractivity contribution in [3.63, 3.8) is 0 Å². The van der Waals surface area contributed by atoms with Crippen molar-refractivity contribution in [1.29, 1.82) is 0 Å². The van der Waals surface area contributed by atoms with Crippen molar-refractivity contribution in [2.24, 2.45) is 0 Å². The summed E-state index contributed by atoms with van der Waals surface area (Å²) in [6.07, 6.45) is 2.29. The van der Waals surface area contributed by atoms with E-state index >= 15 is 0 Å². The molecular formula is C14H21FN2O. The van der Waals surface area contributed by atoms with Gasteiger partial charge in [-0.15, -0.1) is 0 Å². The Kier molecular flexibility index (Phi) is 4.42. The normalized spacial score (nSPS) is 19.3. The summed E-state index contributed by atoms with van der Waals surface area (Å²) in [4.78, 5) is 2.27. The van der Waals surface area contributed by atoms with Crippen LogP contribution in [0.15, 0.2) is 18.2 Å². The molecule has 1 fully saturated rings. The van der Waals surface area contributed by atoms with Gasteiger partial charge in [0, 0.05) is 30.9 Å². The summed E-state index contributed by atoms with van der Waals surface area (Å²) >= 11 is 0. The van der Waals surface area contributed by atoms with Gasteiger partial charge in [0.2, 0.25) is 0 Å². The van der Waals surface area contributed by atoms with Gasteiger partial charge in [-0.3, -0.25) is 0 Å². The molecule has 1 saturated heterocycles. The fraction of sp³-hybridized carbons (Fsp3) is 0.571. The second-order valence-electron chi connectivity index (χ2n) is 4.70. The molecule has 3 nitrogen and oxygen atoms in total. The minimum absolute atomic E-state index is 0.305. The van der Waals surface area contributed by atoms with Crippen LogP contribution in [-0.2, 0) is 0 Å². The van der Waals surface area contributed by atoms with Crippen molar-refractivity contribution in [1.82, 2.24) is 5.32 Å². The molecule has 0 aromatic heterocycles. The fourth-order valence-electron chi connectivity index (χ4n) is 2.36. The van der Waals surface area contributed by atoms with E-state index in [-0.39, 0.29) is 5.82 Å². The van der Waals surface area contributed by atoms with Crippen LogP contribution in [0.3, 0.4) is 0 Å². The summed E-state index contributed by atoms with van der Waals surface area (Å²) in [5.74, 6) is 0.0126. The Hall–Kier alpha value is -1.29. The van der Waals surface area contributed by atoms with Crippen molar-refractivity contribution >= 4 is 5.69 Å². The third kappa shape index (κ3) is 2.93. The third-order valence-corrected chi connectivity index (χ3v) is 3.37. The van der Waals surface area contributed by atoms with Crippen LogP contribution >= 0.6 is 0 Å². The van der Waals surface area contributed by atoms with Gasteiger partial charge < -0.3 is 15.0 Å². The Balaban J connectivity index is 2.00. The minimum Gasteiger partial charge on any atom is -0.494 e.